The molecule has 4 aliphatic rings. The number of nitrogens with zero attached hydrogens (tertiary/aromatic N) is 1. The van der Waals surface area contributed by atoms with Gasteiger partial charge < -0.3 is 4.74 Å². The molecule has 0 aliphatic heterocycles. The minimum atomic E-state index is 0.302. The minimum Gasteiger partial charge on any atom is -0.374 e. The van der Waals surface area contributed by atoms with Gasteiger partial charge in [0.15, 0.2) is 0 Å². The van der Waals surface area contributed by atoms with Crippen molar-refractivity contribution in [1.29, 1.82) is 0 Å². The number of ether oxygens (including phenoxy) is 1. The number of hydrogen-bond acceptors (Lipinski definition) is 2. The smallest absolute Gasteiger partial charge is 0.0720 e. The van der Waals surface area contributed by atoms with E-state index in [-0.39, 0.29) is 0 Å². The fourth-order valence-corrected chi connectivity index (χ4v) is 6.89. The second-order valence-electron chi connectivity index (χ2n) is 10.1. The first-order valence-electron chi connectivity index (χ1n) is 11.7. The molecule has 1 heterocycles. The number of pyridine rings is 1. The van der Waals surface area contributed by atoms with E-state index in [0.29, 0.717) is 11.5 Å². The lowest BCUT2D eigenvalue weighted by atomic mass is 9.48. The molecule has 153 valence electrons. The summed E-state index contributed by atoms with van der Waals surface area (Å²) in [6, 6.07) is 14.8. The van der Waals surface area contributed by atoms with Gasteiger partial charge >= 0.3 is 0 Å². The highest BCUT2D eigenvalue weighted by molar-refractivity contribution is 5.19. The zero-order chi connectivity index (χ0) is 19.5. The predicted molar refractivity (Wildman–Crippen MR) is 117 cm³/mol. The second-order valence-corrected chi connectivity index (χ2v) is 10.1. The Morgan fingerprint density at radius 2 is 1.59 bits per heavy atom. The third kappa shape index (κ3) is 4.74. The van der Waals surface area contributed by atoms with Gasteiger partial charge in [0, 0.05) is 12.4 Å². The first-order chi connectivity index (χ1) is 14.3. The van der Waals surface area contributed by atoms with Gasteiger partial charge in [-0.15, -0.1) is 0 Å². The van der Waals surface area contributed by atoms with Crippen molar-refractivity contribution in [3.8, 4) is 0 Å². The van der Waals surface area contributed by atoms with Gasteiger partial charge in [0.25, 0.3) is 0 Å². The van der Waals surface area contributed by atoms with Gasteiger partial charge in [-0.1, -0.05) is 30.3 Å². The maximum Gasteiger partial charge on any atom is 0.0720 e. The van der Waals surface area contributed by atoms with Crippen LogP contribution in [0, 0.1) is 29.6 Å². The van der Waals surface area contributed by atoms with E-state index in [9.17, 15) is 0 Å². The molecule has 1 atom stereocenters. The van der Waals surface area contributed by atoms with E-state index >= 15 is 0 Å². The Hall–Kier alpha value is -1.67. The van der Waals surface area contributed by atoms with Crippen LogP contribution < -0.4 is 0 Å². The van der Waals surface area contributed by atoms with Crippen molar-refractivity contribution in [3.63, 3.8) is 0 Å². The molecule has 2 aromatic rings. The first kappa shape index (κ1) is 19.3. The van der Waals surface area contributed by atoms with E-state index in [1.807, 2.05) is 12.4 Å². The lowest BCUT2D eigenvalue weighted by molar-refractivity contribution is -0.0676. The molecule has 0 saturated heterocycles. The van der Waals surface area contributed by atoms with Crippen LogP contribution in [0.1, 0.15) is 68.9 Å². The molecule has 4 bridgehead atoms. The van der Waals surface area contributed by atoms with Crippen molar-refractivity contribution in [1.82, 2.24) is 4.98 Å². The van der Waals surface area contributed by atoms with Crippen LogP contribution in [0.4, 0.5) is 0 Å². The van der Waals surface area contributed by atoms with E-state index in [1.54, 1.807) is 0 Å². The topological polar surface area (TPSA) is 22.1 Å². The molecular weight excluding hydrogens is 354 g/mol. The molecule has 29 heavy (non-hydrogen) atoms. The SMILES string of the molecule is [CH](CC(CCC12CC3CC(CC(C3)C1)C2)OCc1ccccc1)c1ccncc1. The highest BCUT2D eigenvalue weighted by atomic mass is 16.5. The van der Waals surface area contributed by atoms with Crippen molar-refractivity contribution >= 4 is 0 Å². The van der Waals surface area contributed by atoms with E-state index in [2.05, 4.69) is 53.9 Å². The van der Waals surface area contributed by atoms with E-state index < -0.39 is 0 Å². The molecule has 4 aliphatic carbocycles. The van der Waals surface area contributed by atoms with Crippen molar-refractivity contribution in [2.45, 2.75) is 70.5 Å². The predicted octanol–water partition coefficient (Wildman–Crippen LogP) is 6.61. The summed E-state index contributed by atoms with van der Waals surface area (Å²) in [7, 11) is 0. The first-order valence-corrected chi connectivity index (χ1v) is 11.7. The maximum atomic E-state index is 6.47. The standard InChI is InChI=1S/C27H34NO/c1-2-4-22(5-3-1)20-29-26(7-6-21-9-12-28-13-10-21)8-11-27-17-23-14-24(18-27)16-25(15-23)19-27/h1-6,9-10,12-13,23-26H,7-8,11,14-20H2. The number of rotatable bonds is 9. The number of benzene rings is 1. The summed E-state index contributed by atoms with van der Waals surface area (Å²) in [6.07, 6.45) is 19.0. The molecule has 0 N–H and O–H groups in total. The molecule has 1 aromatic heterocycles. The number of aromatic nitrogens is 1. The average Bonchev–Trinajstić information content (AvgIpc) is 2.74. The lowest BCUT2D eigenvalue weighted by Crippen LogP contribution is -2.46. The summed E-state index contributed by atoms with van der Waals surface area (Å²) in [5, 5.41) is 0. The third-order valence-corrected chi connectivity index (χ3v) is 7.81. The van der Waals surface area contributed by atoms with E-state index in [1.165, 1.54) is 62.5 Å². The van der Waals surface area contributed by atoms with Gasteiger partial charge in [0.2, 0.25) is 0 Å². The molecule has 0 amide bonds. The van der Waals surface area contributed by atoms with Crippen LogP contribution >= 0.6 is 0 Å². The summed E-state index contributed by atoms with van der Waals surface area (Å²) in [5.41, 5.74) is 3.17. The molecular formula is C27H34NO. The highest BCUT2D eigenvalue weighted by Crippen LogP contribution is 2.61. The summed E-state index contributed by atoms with van der Waals surface area (Å²) in [6.45, 7) is 0.719. The Kier molecular flexibility index (Phi) is 5.72. The van der Waals surface area contributed by atoms with Crippen molar-refractivity contribution in [2.24, 2.45) is 23.2 Å². The van der Waals surface area contributed by atoms with Crippen molar-refractivity contribution < 1.29 is 4.74 Å². The Balaban J connectivity index is 1.21. The molecule has 2 heteroatoms. The highest BCUT2D eigenvalue weighted by Gasteiger charge is 2.50. The van der Waals surface area contributed by atoms with E-state index in [4.69, 9.17) is 4.74 Å². The van der Waals surface area contributed by atoms with Gasteiger partial charge in [-0.2, -0.15) is 0 Å². The van der Waals surface area contributed by atoms with Gasteiger partial charge in [-0.3, -0.25) is 4.98 Å². The third-order valence-electron chi connectivity index (χ3n) is 7.81. The Bertz CT molecular complexity index is 693. The molecule has 2 nitrogen and oxygen atoms in total. The normalized spacial score (nSPS) is 31.1. The lowest BCUT2D eigenvalue weighted by Gasteiger charge is -2.57. The molecule has 0 spiro atoms. The van der Waals surface area contributed by atoms with Crippen LogP contribution in [0.15, 0.2) is 54.9 Å². The van der Waals surface area contributed by atoms with Crippen LogP contribution in [0.5, 0.6) is 0 Å². The summed E-state index contributed by atoms with van der Waals surface area (Å²) < 4.78 is 6.47. The number of hydrogen-bond donors (Lipinski definition) is 0. The quantitative estimate of drug-likeness (QED) is 0.482. The zero-order valence-corrected chi connectivity index (χ0v) is 17.5. The van der Waals surface area contributed by atoms with Gasteiger partial charge in [-0.25, -0.2) is 0 Å². The monoisotopic (exact) mass is 388 g/mol. The average molecular weight is 389 g/mol. The Morgan fingerprint density at radius 3 is 2.24 bits per heavy atom. The Labute approximate surface area is 176 Å². The molecule has 6 rings (SSSR count). The van der Waals surface area contributed by atoms with Crippen LogP contribution in [0.3, 0.4) is 0 Å². The molecule has 1 radical (unpaired) electrons. The molecule has 4 saturated carbocycles. The summed E-state index contributed by atoms with van der Waals surface area (Å²) in [4.78, 5) is 4.14. The minimum absolute atomic E-state index is 0.302. The second kappa shape index (κ2) is 8.60. The molecule has 1 aromatic carbocycles. The van der Waals surface area contributed by atoms with Gasteiger partial charge in [0.05, 0.1) is 12.7 Å². The van der Waals surface area contributed by atoms with E-state index in [0.717, 1.165) is 30.8 Å². The van der Waals surface area contributed by atoms with Crippen LogP contribution in [-0.4, -0.2) is 11.1 Å². The van der Waals surface area contributed by atoms with Crippen LogP contribution in [-0.2, 0) is 11.3 Å². The van der Waals surface area contributed by atoms with Crippen molar-refractivity contribution in [3.05, 3.63) is 72.4 Å². The zero-order valence-electron chi connectivity index (χ0n) is 17.5. The maximum absolute atomic E-state index is 6.47. The fourth-order valence-electron chi connectivity index (χ4n) is 6.89. The van der Waals surface area contributed by atoms with Gasteiger partial charge in [0.1, 0.15) is 0 Å². The summed E-state index contributed by atoms with van der Waals surface area (Å²) in [5.74, 6) is 3.11. The largest absolute Gasteiger partial charge is 0.374 e. The van der Waals surface area contributed by atoms with Crippen LogP contribution in [0.25, 0.3) is 0 Å². The fraction of sp³-hybridized carbons (Fsp3) is 0.556. The van der Waals surface area contributed by atoms with Gasteiger partial charge in [-0.05, 0) is 111 Å². The molecule has 4 fully saturated rings. The van der Waals surface area contributed by atoms with Crippen LogP contribution in [0.2, 0.25) is 0 Å². The Morgan fingerprint density at radius 1 is 0.931 bits per heavy atom. The summed E-state index contributed by atoms with van der Waals surface area (Å²) >= 11 is 0. The van der Waals surface area contributed by atoms with Crippen molar-refractivity contribution in [2.75, 3.05) is 0 Å². The molecule has 1 unspecified atom stereocenters.